The maximum absolute atomic E-state index is 6.31. The molecular formula is C16H20BrN5. The largest absolute Gasteiger partial charge is 0.393 e. The molecule has 2 heterocycles. The number of nitrogens with two attached hydrogens (primary N) is 1. The van der Waals surface area contributed by atoms with Gasteiger partial charge in [-0.1, -0.05) is 19.1 Å². The fourth-order valence-electron chi connectivity index (χ4n) is 2.81. The molecule has 0 radical (unpaired) electrons. The second kappa shape index (κ2) is 6.52. The molecule has 1 unspecified atom stereocenters. The molecule has 0 bridgehead atoms. The van der Waals surface area contributed by atoms with Crippen molar-refractivity contribution in [1.29, 1.82) is 0 Å². The summed E-state index contributed by atoms with van der Waals surface area (Å²) in [5.41, 5.74) is 7.85. The van der Waals surface area contributed by atoms with Crippen molar-refractivity contribution in [3.8, 4) is 0 Å². The molecule has 0 spiro atoms. The molecule has 2 aromatic rings. The lowest BCUT2D eigenvalue weighted by molar-refractivity contribution is 0.445. The van der Waals surface area contributed by atoms with Crippen molar-refractivity contribution < 1.29 is 0 Å². The molecule has 0 saturated carbocycles. The Morgan fingerprint density at radius 3 is 2.91 bits per heavy atom. The zero-order valence-corrected chi connectivity index (χ0v) is 14.2. The van der Waals surface area contributed by atoms with Crippen LogP contribution in [0.25, 0.3) is 0 Å². The van der Waals surface area contributed by atoms with Crippen molar-refractivity contribution >= 4 is 38.9 Å². The summed E-state index contributed by atoms with van der Waals surface area (Å²) in [5.74, 6) is 2.15. The van der Waals surface area contributed by atoms with Crippen molar-refractivity contribution in [3.63, 3.8) is 0 Å². The van der Waals surface area contributed by atoms with Gasteiger partial charge in [0.05, 0.1) is 5.69 Å². The Morgan fingerprint density at radius 1 is 1.32 bits per heavy atom. The summed E-state index contributed by atoms with van der Waals surface area (Å²) in [7, 11) is 0. The fourth-order valence-corrected chi connectivity index (χ4v) is 3.19. The summed E-state index contributed by atoms with van der Waals surface area (Å²) >= 11 is 3.52. The summed E-state index contributed by atoms with van der Waals surface area (Å²) in [6.07, 6.45) is 4.02. The standard InChI is InChI=1S/C16H20BrN5/c1-11-5-4-8-22(9-11)16-14(18)15(19-10-20-16)21-13-7-3-2-6-12(13)17/h2-3,6-7,10-11H,4-5,8-9,18H2,1H3,(H,19,20,21). The van der Waals surface area contributed by atoms with E-state index in [1.807, 2.05) is 24.3 Å². The molecule has 22 heavy (non-hydrogen) atoms. The molecule has 116 valence electrons. The van der Waals surface area contributed by atoms with Crippen LogP contribution in [0.2, 0.25) is 0 Å². The predicted octanol–water partition coefficient (Wildman–Crippen LogP) is 3.80. The van der Waals surface area contributed by atoms with Crippen LogP contribution >= 0.6 is 15.9 Å². The summed E-state index contributed by atoms with van der Waals surface area (Å²) in [5, 5.41) is 3.28. The molecule has 1 aliphatic rings. The average Bonchev–Trinajstić information content (AvgIpc) is 2.51. The molecule has 0 aliphatic carbocycles. The minimum absolute atomic E-state index is 0.604. The monoisotopic (exact) mass is 361 g/mol. The maximum atomic E-state index is 6.31. The molecule has 3 N–H and O–H groups in total. The number of para-hydroxylation sites is 1. The van der Waals surface area contributed by atoms with E-state index in [0.29, 0.717) is 17.4 Å². The smallest absolute Gasteiger partial charge is 0.159 e. The molecule has 1 saturated heterocycles. The van der Waals surface area contributed by atoms with Gasteiger partial charge in [-0.05, 0) is 46.8 Å². The average molecular weight is 362 g/mol. The Kier molecular flexibility index (Phi) is 4.47. The number of piperidine rings is 1. The number of halogens is 1. The summed E-state index contributed by atoms with van der Waals surface area (Å²) < 4.78 is 0.973. The summed E-state index contributed by atoms with van der Waals surface area (Å²) in [6, 6.07) is 7.90. The van der Waals surface area contributed by atoms with Crippen LogP contribution in [0.3, 0.4) is 0 Å². The van der Waals surface area contributed by atoms with Gasteiger partial charge in [0.15, 0.2) is 11.6 Å². The zero-order chi connectivity index (χ0) is 15.5. The van der Waals surface area contributed by atoms with E-state index in [1.54, 1.807) is 6.33 Å². The Hall–Kier alpha value is -1.82. The second-order valence-electron chi connectivity index (χ2n) is 5.76. The van der Waals surface area contributed by atoms with Gasteiger partial charge in [-0.25, -0.2) is 9.97 Å². The molecule has 1 aromatic heterocycles. The minimum Gasteiger partial charge on any atom is -0.393 e. The van der Waals surface area contributed by atoms with Crippen LogP contribution < -0.4 is 16.0 Å². The lowest BCUT2D eigenvalue weighted by Crippen LogP contribution is -2.35. The van der Waals surface area contributed by atoms with Crippen LogP contribution in [-0.2, 0) is 0 Å². The van der Waals surface area contributed by atoms with Crippen LogP contribution in [0.15, 0.2) is 35.1 Å². The van der Waals surface area contributed by atoms with Crippen LogP contribution in [0, 0.1) is 5.92 Å². The zero-order valence-electron chi connectivity index (χ0n) is 12.6. The Bertz CT molecular complexity index is 661. The minimum atomic E-state index is 0.604. The maximum Gasteiger partial charge on any atom is 0.159 e. The third-order valence-corrected chi connectivity index (χ3v) is 4.64. The van der Waals surface area contributed by atoms with E-state index in [-0.39, 0.29) is 0 Å². The van der Waals surface area contributed by atoms with Gasteiger partial charge in [0, 0.05) is 17.6 Å². The van der Waals surface area contributed by atoms with Gasteiger partial charge >= 0.3 is 0 Å². The van der Waals surface area contributed by atoms with E-state index >= 15 is 0 Å². The quantitative estimate of drug-likeness (QED) is 0.869. The molecule has 1 fully saturated rings. The first-order valence-electron chi connectivity index (χ1n) is 7.52. The number of rotatable bonds is 3. The van der Waals surface area contributed by atoms with Gasteiger partial charge < -0.3 is 16.0 Å². The molecule has 3 rings (SSSR count). The Morgan fingerprint density at radius 2 is 2.14 bits per heavy atom. The molecule has 0 amide bonds. The normalized spacial score (nSPS) is 18.3. The molecule has 1 aliphatic heterocycles. The fraction of sp³-hybridized carbons (Fsp3) is 0.375. The van der Waals surface area contributed by atoms with Gasteiger partial charge in [-0.2, -0.15) is 0 Å². The lowest BCUT2D eigenvalue weighted by Gasteiger charge is -2.32. The van der Waals surface area contributed by atoms with Crippen molar-refractivity contribution in [2.45, 2.75) is 19.8 Å². The summed E-state index contributed by atoms with van der Waals surface area (Å²) in [6.45, 7) is 4.26. The highest BCUT2D eigenvalue weighted by Crippen LogP contribution is 2.32. The van der Waals surface area contributed by atoms with Gasteiger partial charge in [0.2, 0.25) is 0 Å². The van der Waals surface area contributed by atoms with Crippen molar-refractivity contribution in [2.75, 3.05) is 29.0 Å². The first-order valence-corrected chi connectivity index (χ1v) is 8.31. The third-order valence-electron chi connectivity index (χ3n) is 3.95. The number of aromatic nitrogens is 2. The van der Waals surface area contributed by atoms with E-state index < -0.39 is 0 Å². The van der Waals surface area contributed by atoms with E-state index in [4.69, 9.17) is 5.73 Å². The highest BCUT2D eigenvalue weighted by molar-refractivity contribution is 9.10. The van der Waals surface area contributed by atoms with E-state index in [2.05, 4.69) is 43.0 Å². The summed E-state index contributed by atoms with van der Waals surface area (Å²) in [4.78, 5) is 11.0. The van der Waals surface area contributed by atoms with Gasteiger partial charge in [0.25, 0.3) is 0 Å². The van der Waals surface area contributed by atoms with Gasteiger partial charge in [-0.3, -0.25) is 0 Å². The van der Waals surface area contributed by atoms with Crippen molar-refractivity contribution in [1.82, 2.24) is 9.97 Å². The molecule has 6 heteroatoms. The van der Waals surface area contributed by atoms with Gasteiger partial charge in [-0.15, -0.1) is 0 Å². The lowest BCUT2D eigenvalue weighted by atomic mass is 10.0. The van der Waals surface area contributed by atoms with Crippen molar-refractivity contribution in [3.05, 3.63) is 35.1 Å². The number of hydrogen-bond acceptors (Lipinski definition) is 5. The van der Waals surface area contributed by atoms with Gasteiger partial charge in [0.1, 0.15) is 12.0 Å². The molecule has 1 atom stereocenters. The molecule has 1 aromatic carbocycles. The van der Waals surface area contributed by atoms with Crippen molar-refractivity contribution in [2.24, 2.45) is 5.92 Å². The highest BCUT2D eigenvalue weighted by Gasteiger charge is 2.21. The predicted molar refractivity (Wildman–Crippen MR) is 94.5 cm³/mol. The Labute approximate surface area is 139 Å². The SMILES string of the molecule is CC1CCCN(c2ncnc(Nc3ccccc3Br)c2N)C1. The first kappa shape index (κ1) is 15.1. The highest BCUT2D eigenvalue weighted by atomic mass is 79.9. The Balaban J connectivity index is 1.87. The number of benzene rings is 1. The van der Waals surface area contributed by atoms with Crippen LogP contribution in [-0.4, -0.2) is 23.1 Å². The van der Waals surface area contributed by atoms with Crippen LogP contribution in [0.5, 0.6) is 0 Å². The van der Waals surface area contributed by atoms with Crippen LogP contribution in [0.1, 0.15) is 19.8 Å². The molecular weight excluding hydrogens is 342 g/mol. The number of hydrogen-bond donors (Lipinski definition) is 2. The molecule has 5 nitrogen and oxygen atoms in total. The topological polar surface area (TPSA) is 67.1 Å². The van der Waals surface area contributed by atoms with E-state index in [1.165, 1.54) is 12.8 Å². The number of nitrogens with zero attached hydrogens (tertiary/aromatic N) is 3. The van der Waals surface area contributed by atoms with Crippen LogP contribution in [0.4, 0.5) is 23.0 Å². The number of nitrogens with one attached hydrogen (secondary N) is 1. The van der Waals surface area contributed by atoms with E-state index in [0.717, 1.165) is 29.1 Å². The number of anilines is 4. The number of nitrogen functional groups attached to an aromatic ring is 1. The second-order valence-corrected chi connectivity index (χ2v) is 6.61. The third kappa shape index (κ3) is 3.16. The first-order chi connectivity index (χ1) is 10.6. The van der Waals surface area contributed by atoms with E-state index in [9.17, 15) is 0 Å².